The van der Waals surface area contributed by atoms with E-state index in [2.05, 4.69) is 15.5 Å². The van der Waals surface area contributed by atoms with Crippen LogP contribution in [0.25, 0.3) is 11.7 Å². The molecule has 0 spiro atoms. The summed E-state index contributed by atoms with van der Waals surface area (Å²) < 4.78 is 10.6. The normalized spacial score (nSPS) is 10.4. The van der Waals surface area contributed by atoms with Crippen molar-refractivity contribution in [3.05, 3.63) is 54.3 Å². The summed E-state index contributed by atoms with van der Waals surface area (Å²) in [6, 6.07) is 13.9. The van der Waals surface area contributed by atoms with Crippen LogP contribution in [-0.2, 0) is 6.54 Å². The summed E-state index contributed by atoms with van der Waals surface area (Å²) in [5.41, 5.74) is 1.15. The minimum atomic E-state index is 0.371. The van der Waals surface area contributed by atoms with Crippen LogP contribution in [0.3, 0.4) is 0 Å². The Morgan fingerprint density at radius 2 is 1.89 bits per heavy atom. The van der Waals surface area contributed by atoms with Crippen molar-refractivity contribution in [3.63, 3.8) is 0 Å². The molecule has 0 saturated carbocycles. The quantitative estimate of drug-likeness (QED) is 0.760. The van der Waals surface area contributed by atoms with Gasteiger partial charge in [0.05, 0.1) is 6.26 Å². The maximum absolute atomic E-state index is 5.42. The predicted octanol–water partition coefficient (Wildman–Crippen LogP) is 2.94. The van der Waals surface area contributed by atoms with E-state index < -0.39 is 0 Å². The van der Waals surface area contributed by atoms with Crippen LogP contribution in [0.4, 0.5) is 6.01 Å². The molecule has 0 aliphatic heterocycles. The fraction of sp³-hybridized carbons (Fsp3) is 0.0769. The topological polar surface area (TPSA) is 64.1 Å². The van der Waals surface area contributed by atoms with Gasteiger partial charge in [-0.15, -0.1) is 5.10 Å². The first kappa shape index (κ1) is 10.6. The number of hydrogen-bond donors (Lipinski definition) is 1. The molecule has 3 aromatic rings. The second-order valence-corrected chi connectivity index (χ2v) is 3.73. The smallest absolute Gasteiger partial charge is 0.316 e. The number of nitrogens with zero attached hydrogens (tertiary/aromatic N) is 2. The molecule has 18 heavy (non-hydrogen) atoms. The van der Waals surface area contributed by atoms with Crippen LogP contribution < -0.4 is 5.32 Å². The van der Waals surface area contributed by atoms with Gasteiger partial charge in [0, 0.05) is 6.54 Å². The second-order valence-electron chi connectivity index (χ2n) is 3.73. The lowest BCUT2D eigenvalue weighted by Crippen LogP contribution is -1.98. The summed E-state index contributed by atoms with van der Waals surface area (Å²) in [6.45, 7) is 0.640. The summed E-state index contributed by atoms with van der Waals surface area (Å²) in [7, 11) is 0. The molecule has 0 amide bonds. The molecule has 3 rings (SSSR count). The average molecular weight is 241 g/mol. The Labute approximate surface area is 103 Å². The van der Waals surface area contributed by atoms with Crippen LogP contribution in [0.15, 0.2) is 57.6 Å². The first-order valence-electron chi connectivity index (χ1n) is 5.57. The number of aromatic nitrogens is 2. The predicted molar refractivity (Wildman–Crippen MR) is 65.8 cm³/mol. The summed E-state index contributed by atoms with van der Waals surface area (Å²) in [5, 5.41) is 10.9. The van der Waals surface area contributed by atoms with Crippen molar-refractivity contribution in [2.75, 3.05) is 5.32 Å². The van der Waals surface area contributed by atoms with Gasteiger partial charge in [0.15, 0.2) is 5.76 Å². The number of benzene rings is 1. The van der Waals surface area contributed by atoms with Crippen LogP contribution in [0.5, 0.6) is 0 Å². The SMILES string of the molecule is c1ccc(CNc2nnc(-c3ccco3)o2)cc1. The van der Waals surface area contributed by atoms with E-state index in [1.807, 2.05) is 30.3 Å². The first-order valence-corrected chi connectivity index (χ1v) is 5.57. The van der Waals surface area contributed by atoms with E-state index in [1.165, 1.54) is 0 Å². The summed E-state index contributed by atoms with van der Waals surface area (Å²) >= 11 is 0. The van der Waals surface area contributed by atoms with Gasteiger partial charge in [0.25, 0.3) is 5.89 Å². The molecule has 1 aromatic carbocycles. The zero-order valence-corrected chi connectivity index (χ0v) is 9.54. The van der Waals surface area contributed by atoms with Crippen LogP contribution in [0.1, 0.15) is 5.56 Å². The lowest BCUT2D eigenvalue weighted by atomic mass is 10.2. The van der Waals surface area contributed by atoms with Crippen molar-refractivity contribution in [3.8, 4) is 11.7 Å². The molecule has 1 N–H and O–H groups in total. The monoisotopic (exact) mass is 241 g/mol. The molecule has 0 atom stereocenters. The van der Waals surface area contributed by atoms with E-state index >= 15 is 0 Å². The second kappa shape index (κ2) is 4.75. The highest BCUT2D eigenvalue weighted by Crippen LogP contribution is 2.20. The Hall–Kier alpha value is -2.56. The van der Waals surface area contributed by atoms with E-state index in [9.17, 15) is 0 Å². The van der Waals surface area contributed by atoms with Crippen molar-refractivity contribution in [2.45, 2.75) is 6.54 Å². The zero-order valence-electron chi connectivity index (χ0n) is 9.54. The fourth-order valence-corrected chi connectivity index (χ4v) is 1.57. The molecule has 90 valence electrons. The Bertz CT molecular complexity index is 602. The third-order valence-electron chi connectivity index (χ3n) is 2.44. The third kappa shape index (κ3) is 2.24. The highest BCUT2D eigenvalue weighted by molar-refractivity contribution is 5.44. The molecule has 0 bridgehead atoms. The van der Waals surface area contributed by atoms with Crippen LogP contribution in [0.2, 0.25) is 0 Å². The largest absolute Gasteiger partial charge is 0.459 e. The molecule has 2 heterocycles. The molecule has 0 unspecified atom stereocenters. The maximum Gasteiger partial charge on any atom is 0.316 e. The molecule has 0 aliphatic carbocycles. The van der Waals surface area contributed by atoms with Gasteiger partial charge in [0.1, 0.15) is 0 Å². The fourth-order valence-electron chi connectivity index (χ4n) is 1.57. The summed E-state index contributed by atoms with van der Waals surface area (Å²) in [4.78, 5) is 0. The number of hydrogen-bond acceptors (Lipinski definition) is 5. The van der Waals surface area contributed by atoms with Crippen LogP contribution in [-0.4, -0.2) is 10.2 Å². The Morgan fingerprint density at radius 1 is 1.00 bits per heavy atom. The molecule has 0 saturated heterocycles. The van der Waals surface area contributed by atoms with E-state index in [0.29, 0.717) is 24.2 Å². The average Bonchev–Trinajstić information content (AvgIpc) is 3.08. The maximum atomic E-state index is 5.42. The minimum Gasteiger partial charge on any atom is -0.459 e. The van der Waals surface area contributed by atoms with Crippen molar-refractivity contribution >= 4 is 6.01 Å². The van der Waals surface area contributed by atoms with Crippen molar-refractivity contribution in [1.29, 1.82) is 0 Å². The zero-order chi connectivity index (χ0) is 12.2. The van der Waals surface area contributed by atoms with Crippen molar-refractivity contribution in [2.24, 2.45) is 0 Å². The van der Waals surface area contributed by atoms with E-state index in [-0.39, 0.29) is 0 Å². The number of rotatable bonds is 4. The van der Waals surface area contributed by atoms with Crippen molar-refractivity contribution in [1.82, 2.24) is 10.2 Å². The Balaban J connectivity index is 1.68. The van der Waals surface area contributed by atoms with Crippen LogP contribution >= 0.6 is 0 Å². The van der Waals surface area contributed by atoms with Gasteiger partial charge in [-0.05, 0) is 17.7 Å². The number of anilines is 1. The van der Waals surface area contributed by atoms with Gasteiger partial charge in [0.2, 0.25) is 0 Å². The molecule has 0 fully saturated rings. The molecular formula is C13H11N3O2. The first-order chi connectivity index (χ1) is 8.92. The summed E-state index contributed by atoms with van der Waals surface area (Å²) in [5.74, 6) is 0.936. The third-order valence-corrected chi connectivity index (χ3v) is 2.44. The molecule has 5 heteroatoms. The molecule has 2 aromatic heterocycles. The van der Waals surface area contributed by atoms with Gasteiger partial charge >= 0.3 is 6.01 Å². The molecular weight excluding hydrogens is 230 g/mol. The van der Waals surface area contributed by atoms with Crippen LogP contribution in [0, 0.1) is 0 Å². The van der Waals surface area contributed by atoms with E-state index in [0.717, 1.165) is 5.56 Å². The van der Waals surface area contributed by atoms with Crippen molar-refractivity contribution < 1.29 is 8.83 Å². The number of nitrogens with one attached hydrogen (secondary N) is 1. The Morgan fingerprint density at radius 3 is 2.67 bits per heavy atom. The molecule has 5 nitrogen and oxygen atoms in total. The molecule has 0 aliphatic rings. The number of furan rings is 1. The highest BCUT2D eigenvalue weighted by atomic mass is 16.4. The standard InChI is InChI=1S/C13H11N3O2/c1-2-5-10(6-3-1)9-14-13-16-15-12(18-13)11-7-4-8-17-11/h1-8H,9H2,(H,14,16). The molecule has 0 radical (unpaired) electrons. The van der Waals surface area contributed by atoms with Gasteiger partial charge in [-0.2, -0.15) is 0 Å². The van der Waals surface area contributed by atoms with E-state index in [4.69, 9.17) is 8.83 Å². The lowest BCUT2D eigenvalue weighted by molar-refractivity contribution is 0.522. The minimum absolute atomic E-state index is 0.371. The van der Waals surface area contributed by atoms with Gasteiger partial charge in [-0.1, -0.05) is 35.4 Å². The van der Waals surface area contributed by atoms with E-state index in [1.54, 1.807) is 18.4 Å². The van der Waals surface area contributed by atoms with Gasteiger partial charge < -0.3 is 14.2 Å². The Kier molecular flexibility index (Phi) is 2.79. The lowest BCUT2D eigenvalue weighted by Gasteiger charge is -2.00. The van der Waals surface area contributed by atoms with Gasteiger partial charge in [-0.3, -0.25) is 0 Å². The van der Waals surface area contributed by atoms with Gasteiger partial charge in [-0.25, -0.2) is 0 Å². The highest BCUT2D eigenvalue weighted by Gasteiger charge is 2.09. The summed E-state index contributed by atoms with van der Waals surface area (Å²) in [6.07, 6.45) is 1.57.